The number of halogens is 1. The first-order chi connectivity index (χ1) is 20.0. The minimum atomic E-state index is -0.498. The molecule has 7 rings (SSSR count). The van der Waals surface area contributed by atoms with Gasteiger partial charge in [0.15, 0.2) is 23.0 Å². The lowest BCUT2D eigenvalue weighted by molar-refractivity contribution is 0.134. The van der Waals surface area contributed by atoms with E-state index >= 15 is 0 Å². The van der Waals surface area contributed by atoms with Crippen LogP contribution in [0, 0.1) is 13.8 Å². The highest BCUT2D eigenvalue weighted by atomic mass is 79.9. The first-order valence-electron chi connectivity index (χ1n) is 13.4. The third-order valence-corrected chi connectivity index (χ3v) is 8.31. The number of anilines is 1. The summed E-state index contributed by atoms with van der Waals surface area (Å²) in [5.74, 6) is 1.23. The van der Waals surface area contributed by atoms with Gasteiger partial charge in [-0.1, -0.05) is 6.07 Å². The van der Waals surface area contributed by atoms with Crippen LogP contribution in [0.3, 0.4) is 0 Å². The third-order valence-electron chi connectivity index (χ3n) is 7.65. The lowest BCUT2D eigenvalue weighted by Gasteiger charge is -2.18. The van der Waals surface area contributed by atoms with Gasteiger partial charge in [-0.3, -0.25) is 9.47 Å². The zero-order valence-electron chi connectivity index (χ0n) is 23.4. The maximum atomic E-state index is 14.1. The van der Waals surface area contributed by atoms with E-state index in [1.54, 1.807) is 15.4 Å². The summed E-state index contributed by atoms with van der Waals surface area (Å²) in [4.78, 5) is 27.8. The van der Waals surface area contributed by atoms with E-state index < -0.39 is 5.60 Å². The molecule has 0 saturated heterocycles. The Kier molecular flexibility index (Phi) is 5.71. The number of ether oxygens (including phenoxy) is 1. The number of phenols is 1. The van der Waals surface area contributed by atoms with Gasteiger partial charge in [-0.2, -0.15) is 9.77 Å². The Morgan fingerprint density at radius 1 is 1.05 bits per heavy atom. The summed E-state index contributed by atoms with van der Waals surface area (Å²) in [5, 5.41) is 16.6. The summed E-state index contributed by atoms with van der Waals surface area (Å²) in [5.41, 5.74) is 10.7. The maximum absolute atomic E-state index is 14.1. The van der Waals surface area contributed by atoms with Gasteiger partial charge in [0.05, 0.1) is 16.3 Å². The van der Waals surface area contributed by atoms with E-state index in [4.69, 9.17) is 20.6 Å². The van der Waals surface area contributed by atoms with Crippen LogP contribution in [-0.2, 0) is 13.0 Å². The van der Waals surface area contributed by atoms with Gasteiger partial charge in [-0.25, -0.2) is 19.6 Å². The number of aryl methyl sites for hydroxylation is 2. The summed E-state index contributed by atoms with van der Waals surface area (Å²) in [6.45, 7) is 7.94. The molecular weight excluding hydrogens is 600 g/mol. The fraction of sp³-hybridized carbons (Fsp3) is 0.233. The number of aromatic nitrogens is 7. The van der Waals surface area contributed by atoms with Gasteiger partial charge >= 0.3 is 0 Å². The Hall–Kier alpha value is -4.71. The molecule has 1 aliphatic heterocycles. The second kappa shape index (κ2) is 9.15. The zero-order chi connectivity index (χ0) is 29.5. The van der Waals surface area contributed by atoms with Crippen LogP contribution in [0.5, 0.6) is 11.5 Å². The Labute approximate surface area is 248 Å². The van der Waals surface area contributed by atoms with Crippen molar-refractivity contribution >= 4 is 43.7 Å². The van der Waals surface area contributed by atoms with Crippen LogP contribution in [0.1, 0.15) is 36.6 Å². The third kappa shape index (κ3) is 3.89. The van der Waals surface area contributed by atoms with Crippen molar-refractivity contribution in [3.05, 3.63) is 86.4 Å². The largest absolute Gasteiger partial charge is 0.504 e. The fourth-order valence-corrected chi connectivity index (χ4v) is 6.37. The monoisotopic (exact) mass is 626 g/mol. The maximum Gasteiger partial charge on any atom is 0.281 e. The van der Waals surface area contributed by atoms with Crippen molar-refractivity contribution in [3.8, 4) is 22.8 Å². The van der Waals surface area contributed by atoms with Crippen molar-refractivity contribution in [2.75, 3.05) is 5.73 Å². The number of hydrogen-bond acceptors (Lipinski definition) is 8. The van der Waals surface area contributed by atoms with Gasteiger partial charge in [0.1, 0.15) is 30.0 Å². The minimum Gasteiger partial charge on any atom is -0.504 e. The highest BCUT2D eigenvalue weighted by Gasteiger charge is 2.35. The van der Waals surface area contributed by atoms with E-state index in [0.29, 0.717) is 50.1 Å². The van der Waals surface area contributed by atoms with Crippen LogP contribution in [0.15, 0.2) is 58.1 Å². The molecule has 0 bridgehead atoms. The molecule has 6 aromatic rings. The predicted molar refractivity (Wildman–Crippen MR) is 163 cm³/mol. The molecule has 12 heteroatoms. The van der Waals surface area contributed by atoms with Gasteiger partial charge < -0.3 is 15.6 Å². The number of phenolic OH excluding ortho intramolecular Hbond substituents is 1. The fourth-order valence-electron chi connectivity index (χ4n) is 5.84. The summed E-state index contributed by atoms with van der Waals surface area (Å²) in [6, 6.07) is 12.8. The van der Waals surface area contributed by atoms with Gasteiger partial charge in [0.25, 0.3) is 5.56 Å². The predicted octanol–water partition coefficient (Wildman–Crippen LogP) is 4.75. The Morgan fingerprint density at radius 3 is 2.57 bits per heavy atom. The highest BCUT2D eigenvalue weighted by molar-refractivity contribution is 9.10. The lowest BCUT2D eigenvalue weighted by Crippen LogP contribution is -2.33. The molecule has 0 atom stereocenters. The van der Waals surface area contributed by atoms with E-state index in [0.717, 1.165) is 22.5 Å². The Morgan fingerprint density at radius 2 is 1.81 bits per heavy atom. The molecule has 0 amide bonds. The number of nitrogen functional groups attached to an aromatic ring is 1. The number of rotatable bonds is 4. The van der Waals surface area contributed by atoms with Gasteiger partial charge in [0, 0.05) is 33.4 Å². The molecule has 1 aliphatic rings. The van der Waals surface area contributed by atoms with E-state index in [2.05, 4.69) is 25.9 Å². The quantitative estimate of drug-likeness (QED) is 0.286. The molecule has 3 N–H and O–H groups in total. The van der Waals surface area contributed by atoms with E-state index in [1.165, 1.54) is 6.33 Å². The number of benzene rings is 2. The molecule has 0 saturated carbocycles. The van der Waals surface area contributed by atoms with Crippen molar-refractivity contribution in [3.63, 3.8) is 0 Å². The van der Waals surface area contributed by atoms with E-state index in [-0.39, 0.29) is 23.7 Å². The number of fused-ring (bicyclic) bond motifs is 3. The van der Waals surface area contributed by atoms with Crippen LogP contribution in [0.2, 0.25) is 0 Å². The molecule has 0 fully saturated rings. The van der Waals surface area contributed by atoms with E-state index in [9.17, 15) is 9.90 Å². The molecule has 0 aliphatic carbocycles. The summed E-state index contributed by atoms with van der Waals surface area (Å²) >= 11 is 3.54. The first kappa shape index (κ1) is 26.2. The van der Waals surface area contributed by atoms with Crippen molar-refractivity contribution in [2.45, 2.75) is 46.3 Å². The number of aromatic hydroxyl groups is 1. The Bertz CT molecular complexity index is 2120. The molecular formula is C30H27BrN8O3. The first-order valence-corrected chi connectivity index (χ1v) is 14.2. The number of hydrogen-bond donors (Lipinski definition) is 2. The summed E-state index contributed by atoms with van der Waals surface area (Å²) < 4.78 is 11.9. The molecule has 42 heavy (non-hydrogen) atoms. The smallest absolute Gasteiger partial charge is 0.281 e. The lowest BCUT2D eigenvalue weighted by atomic mass is 9.95. The second-order valence-electron chi connectivity index (χ2n) is 11.1. The Balaban J connectivity index is 1.48. The minimum absolute atomic E-state index is 0.0697. The zero-order valence-corrected chi connectivity index (χ0v) is 25.0. The van der Waals surface area contributed by atoms with Crippen LogP contribution in [0.25, 0.3) is 33.2 Å². The van der Waals surface area contributed by atoms with Gasteiger partial charge in [0.2, 0.25) is 0 Å². The average molecular weight is 628 g/mol. The van der Waals surface area contributed by atoms with Crippen LogP contribution < -0.4 is 16.0 Å². The summed E-state index contributed by atoms with van der Waals surface area (Å²) in [6.07, 6.45) is 1.96. The van der Waals surface area contributed by atoms with Crippen LogP contribution >= 0.6 is 15.9 Å². The number of nitrogens with zero attached hydrogens (tertiary/aromatic N) is 7. The molecule has 5 heterocycles. The average Bonchev–Trinajstić information content (AvgIpc) is 3.58. The molecule has 2 aromatic carbocycles. The molecule has 0 spiro atoms. The van der Waals surface area contributed by atoms with Crippen LogP contribution in [-0.4, -0.2) is 44.8 Å². The SMILES string of the molecule is Cc1ccc(C)n1-n1c(Cn2nc(-c3ccc(O)c4c3CC(C)(C)O4)c3c(N)ncnc32)nc2cccc(Br)c2c1=O. The number of nitrogens with two attached hydrogens (primary N) is 1. The second-order valence-corrected chi connectivity index (χ2v) is 12.0. The van der Waals surface area contributed by atoms with Gasteiger partial charge in [-0.05, 0) is 80.0 Å². The molecule has 0 radical (unpaired) electrons. The van der Waals surface area contributed by atoms with E-state index in [1.807, 2.05) is 68.8 Å². The van der Waals surface area contributed by atoms with Crippen molar-refractivity contribution in [1.29, 1.82) is 0 Å². The van der Waals surface area contributed by atoms with Crippen molar-refractivity contribution in [1.82, 2.24) is 34.1 Å². The topological polar surface area (TPSA) is 139 Å². The summed E-state index contributed by atoms with van der Waals surface area (Å²) in [7, 11) is 0. The van der Waals surface area contributed by atoms with Crippen LogP contribution in [0.4, 0.5) is 5.82 Å². The standard InChI is InChI=1S/C30H27BrN8O3/c1-15-8-9-16(2)38(15)39-22(35-20-7-5-6-19(31)23(20)29(39)41)13-37-28-24(27(32)33-14-34-28)25(36-37)17-10-11-21(40)26-18(17)12-30(3,4)42-26/h5-11,14,40H,12-13H2,1-4H3,(H2,32,33,34). The van der Waals surface area contributed by atoms with Crippen molar-refractivity contribution in [2.24, 2.45) is 0 Å². The molecule has 4 aromatic heterocycles. The molecule has 212 valence electrons. The van der Waals surface area contributed by atoms with Crippen molar-refractivity contribution < 1.29 is 9.84 Å². The van der Waals surface area contributed by atoms with Gasteiger partial charge in [-0.15, -0.1) is 0 Å². The molecule has 11 nitrogen and oxygen atoms in total. The molecule has 0 unspecified atom stereocenters. The normalized spacial score (nSPS) is 14.0. The highest BCUT2D eigenvalue weighted by Crippen LogP contribution is 2.47.